The number of H-pyrrole nitrogens is 1. The molecular formula is C19H14ClN5O4. The molecule has 2 aromatic carbocycles. The molecule has 2 heterocycles. The average molecular weight is 412 g/mol. The molecule has 0 saturated carbocycles. The maximum absolute atomic E-state index is 12.3. The maximum atomic E-state index is 12.3. The van der Waals surface area contributed by atoms with Gasteiger partial charge in [0.05, 0.1) is 35.9 Å². The van der Waals surface area contributed by atoms with Crippen LogP contribution < -0.4 is 10.3 Å². The molecule has 0 aliphatic heterocycles. The summed E-state index contributed by atoms with van der Waals surface area (Å²) in [7, 11) is 1.51. The van der Waals surface area contributed by atoms with Crippen molar-refractivity contribution in [3.63, 3.8) is 0 Å². The molecule has 0 radical (unpaired) electrons. The first-order valence-electron chi connectivity index (χ1n) is 8.50. The van der Waals surface area contributed by atoms with Crippen LogP contribution in [-0.4, -0.2) is 31.8 Å². The highest BCUT2D eigenvalue weighted by molar-refractivity contribution is 6.32. The van der Waals surface area contributed by atoms with E-state index in [1.54, 1.807) is 36.4 Å². The van der Waals surface area contributed by atoms with Crippen molar-refractivity contribution < 1.29 is 9.66 Å². The number of nitro groups is 1. The van der Waals surface area contributed by atoms with Gasteiger partial charge in [0.1, 0.15) is 11.6 Å². The Morgan fingerprint density at radius 1 is 1.28 bits per heavy atom. The summed E-state index contributed by atoms with van der Waals surface area (Å²) in [5, 5.41) is 15.3. The maximum Gasteiger partial charge on any atom is 0.408 e. The zero-order valence-electron chi connectivity index (χ0n) is 15.1. The first-order valence-corrected chi connectivity index (χ1v) is 8.88. The summed E-state index contributed by atoms with van der Waals surface area (Å²) in [5.74, 6) is 0.532. The Labute approximate surface area is 168 Å². The molecule has 2 aromatic heterocycles. The van der Waals surface area contributed by atoms with Crippen molar-refractivity contribution in [3.05, 3.63) is 79.7 Å². The number of para-hydroxylation sites is 1. The second-order valence-electron chi connectivity index (χ2n) is 6.21. The molecule has 0 amide bonds. The van der Waals surface area contributed by atoms with E-state index in [4.69, 9.17) is 16.3 Å². The molecule has 29 heavy (non-hydrogen) atoms. The third kappa shape index (κ3) is 3.55. The van der Waals surface area contributed by atoms with Crippen molar-refractivity contribution in [2.75, 3.05) is 7.11 Å². The summed E-state index contributed by atoms with van der Waals surface area (Å²) in [6, 6.07) is 12.4. The van der Waals surface area contributed by atoms with Crippen molar-refractivity contribution in [1.82, 2.24) is 19.7 Å². The lowest BCUT2D eigenvalue weighted by Gasteiger charge is -2.10. The van der Waals surface area contributed by atoms with Crippen LogP contribution in [0.4, 0.5) is 5.82 Å². The summed E-state index contributed by atoms with van der Waals surface area (Å²) < 4.78 is 6.82. The Bertz CT molecular complexity index is 1300. The number of ether oxygens (including phenoxy) is 1. The van der Waals surface area contributed by atoms with Crippen LogP contribution in [0.25, 0.3) is 22.3 Å². The van der Waals surface area contributed by atoms with Gasteiger partial charge in [0.15, 0.2) is 5.02 Å². The Morgan fingerprint density at radius 3 is 2.79 bits per heavy atom. The molecule has 0 aliphatic rings. The van der Waals surface area contributed by atoms with Gasteiger partial charge in [0, 0.05) is 11.1 Å². The van der Waals surface area contributed by atoms with E-state index >= 15 is 0 Å². The number of fused-ring (bicyclic) bond motifs is 1. The third-order valence-corrected chi connectivity index (χ3v) is 4.64. The number of hydrogen-bond acceptors (Lipinski definition) is 6. The first-order chi connectivity index (χ1) is 14.0. The van der Waals surface area contributed by atoms with Gasteiger partial charge in [0.2, 0.25) is 0 Å². The van der Waals surface area contributed by atoms with Gasteiger partial charge in [-0.15, -0.1) is 0 Å². The average Bonchev–Trinajstić information content (AvgIpc) is 3.08. The minimum Gasteiger partial charge on any atom is -0.496 e. The van der Waals surface area contributed by atoms with Crippen molar-refractivity contribution >= 4 is 28.3 Å². The summed E-state index contributed by atoms with van der Waals surface area (Å²) in [6.07, 6.45) is 1.38. The predicted molar refractivity (Wildman–Crippen MR) is 107 cm³/mol. The van der Waals surface area contributed by atoms with Crippen LogP contribution in [0.1, 0.15) is 5.56 Å². The molecule has 9 nitrogen and oxygen atoms in total. The van der Waals surface area contributed by atoms with Crippen molar-refractivity contribution in [3.8, 4) is 17.1 Å². The quantitative estimate of drug-likeness (QED) is 0.397. The Hall–Kier alpha value is -3.72. The van der Waals surface area contributed by atoms with Crippen LogP contribution in [0.5, 0.6) is 5.75 Å². The highest BCUT2D eigenvalue weighted by atomic mass is 35.5. The monoisotopic (exact) mass is 411 g/mol. The minimum atomic E-state index is -0.638. The van der Waals surface area contributed by atoms with Gasteiger partial charge >= 0.3 is 5.82 Å². The van der Waals surface area contributed by atoms with E-state index in [1.807, 2.05) is 6.07 Å². The SMILES string of the molecule is COc1cc(-c2nc3ccccc3c(=O)[nH]2)ccc1Cn1cc(Cl)c([N+](=O)[O-])n1. The molecule has 0 spiro atoms. The number of rotatable bonds is 5. The third-order valence-electron chi connectivity index (χ3n) is 4.38. The van der Waals surface area contributed by atoms with E-state index in [2.05, 4.69) is 15.1 Å². The van der Waals surface area contributed by atoms with Crippen molar-refractivity contribution in [1.29, 1.82) is 0 Å². The number of benzene rings is 2. The molecule has 10 heteroatoms. The van der Waals surface area contributed by atoms with Crippen LogP contribution in [0.3, 0.4) is 0 Å². The number of aromatic amines is 1. The molecular weight excluding hydrogens is 398 g/mol. The standard InChI is InChI=1S/C19H14ClN5O4/c1-29-16-8-11(17-21-15-5-3-2-4-13(15)19(26)22-17)6-7-12(16)9-24-10-14(20)18(23-24)25(27)28/h2-8,10H,9H2,1H3,(H,21,22,26). The van der Waals surface area contributed by atoms with Crippen LogP contribution >= 0.6 is 11.6 Å². The summed E-state index contributed by atoms with van der Waals surface area (Å²) in [4.78, 5) is 29.9. The number of halogens is 1. The highest BCUT2D eigenvalue weighted by Gasteiger charge is 2.20. The Kier molecular flexibility index (Phi) is 4.73. The molecule has 4 aromatic rings. The van der Waals surface area contributed by atoms with Crippen molar-refractivity contribution in [2.45, 2.75) is 6.54 Å². The number of hydrogen-bond donors (Lipinski definition) is 1. The lowest BCUT2D eigenvalue weighted by atomic mass is 10.1. The van der Waals surface area contributed by atoms with E-state index in [9.17, 15) is 14.9 Å². The lowest BCUT2D eigenvalue weighted by molar-refractivity contribution is -0.389. The minimum absolute atomic E-state index is 0.0384. The van der Waals surface area contributed by atoms with E-state index in [-0.39, 0.29) is 17.1 Å². The molecule has 0 saturated heterocycles. The van der Waals surface area contributed by atoms with Gasteiger partial charge in [0.25, 0.3) is 5.56 Å². The number of nitrogens with one attached hydrogen (secondary N) is 1. The van der Waals surface area contributed by atoms with Crippen LogP contribution in [0.2, 0.25) is 5.02 Å². The molecule has 1 N–H and O–H groups in total. The van der Waals surface area contributed by atoms with E-state index in [1.165, 1.54) is 18.0 Å². The highest BCUT2D eigenvalue weighted by Crippen LogP contribution is 2.28. The first kappa shape index (κ1) is 18.6. The van der Waals surface area contributed by atoms with Crippen molar-refractivity contribution in [2.24, 2.45) is 0 Å². The van der Waals surface area contributed by atoms with Gasteiger partial charge in [-0.3, -0.25) is 4.79 Å². The largest absolute Gasteiger partial charge is 0.496 e. The summed E-state index contributed by atoms with van der Waals surface area (Å²) in [6.45, 7) is 0.221. The van der Waals surface area contributed by atoms with Gasteiger partial charge in [-0.2, -0.15) is 4.68 Å². The lowest BCUT2D eigenvalue weighted by Crippen LogP contribution is -2.09. The molecule has 0 atom stereocenters. The summed E-state index contributed by atoms with van der Waals surface area (Å²) >= 11 is 5.85. The molecule has 0 fully saturated rings. The fourth-order valence-corrected chi connectivity index (χ4v) is 3.23. The Morgan fingerprint density at radius 2 is 2.07 bits per heavy atom. The zero-order valence-corrected chi connectivity index (χ0v) is 15.9. The van der Waals surface area contributed by atoms with Gasteiger partial charge in [-0.05, 0) is 23.1 Å². The van der Waals surface area contributed by atoms with Gasteiger partial charge < -0.3 is 19.8 Å². The van der Waals surface area contributed by atoms with Crippen LogP contribution in [0, 0.1) is 10.1 Å². The van der Waals surface area contributed by atoms with E-state index in [0.717, 1.165) is 5.56 Å². The normalized spacial score (nSPS) is 11.0. The van der Waals surface area contributed by atoms with E-state index < -0.39 is 10.7 Å². The molecule has 0 unspecified atom stereocenters. The topological polar surface area (TPSA) is 116 Å². The van der Waals surface area contributed by atoms with Crippen LogP contribution in [-0.2, 0) is 6.54 Å². The number of aromatic nitrogens is 4. The second-order valence-corrected chi connectivity index (χ2v) is 6.62. The number of nitrogens with zero attached hydrogens (tertiary/aromatic N) is 4. The smallest absolute Gasteiger partial charge is 0.408 e. The van der Waals surface area contributed by atoms with Crippen LogP contribution in [0.15, 0.2) is 53.5 Å². The number of methoxy groups -OCH3 is 1. The van der Waals surface area contributed by atoms with E-state index in [0.29, 0.717) is 28.0 Å². The summed E-state index contributed by atoms with van der Waals surface area (Å²) in [5.41, 5.74) is 1.76. The predicted octanol–water partition coefficient (Wildman–Crippen LogP) is 3.41. The molecule has 146 valence electrons. The fraction of sp³-hybridized carbons (Fsp3) is 0.105. The fourth-order valence-electron chi connectivity index (χ4n) is 3.01. The molecule has 4 rings (SSSR count). The second kappa shape index (κ2) is 7.36. The molecule has 0 bridgehead atoms. The molecule has 0 aliphatic carbocycles. The van der Waals surface area contributed by atoms with Gasteiger partial charge in [-0.25, -0.2) is 4.98 Å². The zero-order chi connectivity index (χ0) is 20.5. The Balaban J connectivity index is 1.71. The van der Waals surface area contributed by atoms with Gasteiger partial charge in [-0.1, -0.05) is 35.9 Å².